The summed E-state index contributed by atoms with van der Waals surface area (Å²) in [6.45, 7) is 0. The predicted molar refractivity (Wildman–Crippen MR) is 231 cm³/mol. The van der Waals surface area contributed by atoms with Crippen LogP contribution in [0.2, 0.25) is 0 Å². The molecule has 4 aromatic heterocycles. The van der Waals surface area contributed by atoms with Crippen LogP contribution in [0.15, 0.2) is 141 Å². The molecule has 0 unspecified atom stereocenters. The first-order valence-corrected chi connectivity index (χ1v) is 18.6. The van der Waals surface area contributed by atoms with E-state index in [1.165, 1.54) is 12.1 Å². The topological polar surface area (TPSA) is 172 Å². The molecule has 11 aromatic rings. The third kappa shape index (κ3) is 4.53. The monoisotopic (exact) mass is 768 g/mol. The lowest BCUT2D eigenvalue weighted by molar-refractivity contribution is 1.28. The summed E-state index contributed by atoms with van der Waals surface area (Å²) in [7, 11) is 0. The van der Waals surface area contributed by atoms with Crippen molar-refractivity contribution in [2.24, 2.45) is 0 Å². The van der Waals surface area contributed by atoms with E-state index in [0.29, 0.717) is 66.1 Å². The number of fused-ring (bicyclic) bond motifs is 8. The molecule has 0 aliphatic carbocycles. The van der Waals surface area contributed by atoms with Crippen molar-refractivity contribution >= 4 is 76.2 Å². The molecule has 0 saturated heterocycles. The van der Waals surface area contributed by atoms with Crippen LogP contribution in [-0.2, 0) is 0 Å². The van der Waals surface area contributed by atoms with Crippen LogP contribution in [0.4, 0.5) is 0 Å². The fourth-order valence-corrected chi connectivity index (χ4v) is 8.98. The van der Waals surface area contributed by atoms with Crippen molar-refractivity contribution in [1.29, 1.82) is 21.0 Å². The Labute approximate surface area is 336 Å². The molecular formula is C50H20N6O4. The third-order valence-corrected chi connectivity index (χ3v) is 11.6. The molecule has 0 bridgehead atoms. The number of nitriles is 4. The fraction of sp³-hybridized carbons (Fsp3) is 0. The highest BCUT2D eigenvalue weighted by Crippen LogP contribution is 2.36. The van der Waals surface area contributed by atoms with Gasteiger partial charge in [-0.1, -0.05) is 24.3 Å². The van der Waals surface area contributed by atoms with Gasteiger partial charge in [0.05, 0.1) is 79.6 Å². The highest BCUT2D eigenvalue weighted by molar-refractivity contribution is 6.14. The number of hydrogen-bond donors (Lipinski definition) is 0. The van der Waals surface area contributed by atoms with Crippen LogP contribution in [0, 0.1) is 45.3 Å². The standard InChI is InChI=1S/C50H20N6O4/c51-21-25-9-26(22-52)12-29(11-25)31-15-37-45-39(17-31)49(59)35-19-36-44(20-43(35)55(45)41-7-3-1-5-33(41)47(37)57)56-42-8-4-2-6-34(42)48(58)38-16-32(18-40(46(38)56)50(36)60)30-13-27(23-53)10-28(14-30)24-54/h1-20H. The predicted octanol–water partition coefficient (Wildman–Crippen LogP) is 8.25. The molecule has 10 nitrogen and oxygen atoms in total. The van der Waals surface area contributed by atoms with Crippen LogP contribution < -0.4 is 21.7 Å². The Kier molecular flexibility index (Phi) is 6.89. The summed E-state index contributed by atoms with van der Waals surface area (Å²) in [6.07, 6.45) is 0. The first kappa shape index (κ1) is 34.1. The molecule has 60 heavy (non-hydrogen) atoms. The van der Waals surface area contributed by atoms with Gasteiger partial charge in [0.1, 0.15) is 0 Å². The van der Waals surface area contributed by atoms with Gasteiger partial charge in [0.15, 0.2) is 21.7 Å². The van der Waals surface area contributed by atoms with Gasteiger partial charge in [0.25, 0.3) is 0 Å². The molecule has 0 N–H and O–H groups in total. The molecule has 0 spiro atoms. The van der Waals surface area contributed by atoms with Crippen LogP contribution in [0.25, 0.3) is 98.4 Å². The minimum Gasteiger partial charge on any atom is -0.307 e. The second-order valence-corrected chi connectivity index (χ2v) is 14.8. The number of para-hydroxylation sites is 2. The van der Waals surface area contributed by atoms with Crippen LogP contribution in [0.3, 0.4) is 0 Å². The van der Waals surface area contributed by atoms with Crippen LogP contribution >= 0.6 is 0 Å². The molecule has 0 aliphatic rings. The van der Waals surface area contributed by atoms with E-state index in [0.717, 1.165) is 0 Å². The molecule has 0 aliphatic heterocycles. The maximum atomic E-state index is 15.0. The van der Waals surface area contributed by atoms with Gasteiger partial charge < -0.3 is 8.80 Å². The average molecular weight is 769 g/mol. The van der Waals surface area contributed by atoms with Gasteiger partial charge in [0.2, 0.25) is 0 Å². The molecule has 7 aromatic carbocycles. The van der Waals surface area contributed by atoms with E-state index in [1.54, 1.807) is 109 Å². The van der Waals surface area contributed by atoms with Gasteiger partial charge in [-0.3, -0.25) is 19.2 Å². The summed E-state index contributed by atoms with van der Waals surface area (Å²) >= 11 is 0. The highest BCUT2D eigenvalue weighted by atomic mass is 16.1. The summed E-state index contributed by atoms with van der Waals surface area (Å²) in [6, 6.07) is 41.8. The van der Waals surface area contributed by atoms with Gasteiger partial charge in [-0.15, -0.1) is 0 Å². The molecule has 274 valence electrons. The summed E-state index contributed by atoms with van der Waals surface area (Å²) in [5.41, 5.74) is 4.03. The van der Waals surface area contributed by atoms with E-state index in [4.69, 9.17) is 0 Å². The van der Waals surface area contributed by atoms with E-state index in [9.17, 15) is 40.2 Å². The zero-order valence-electron chi connectivity index (χ0n) is 30.9. The zero-order chi connectivity index (χ0) is 41.1. The lowest BCUT2D eigenvalue weighted by Crippen LogP contribution is -2.17. The van der Waals surface area contributed by atoms with Crippen molar-refractivity contribution in [1.82, 2.24) is 8.80 Å². The van der Waals surface area contributed by atoms with Gasteiger partial charge in [-0.2, -0.15) is 21.0 Å². The summed E-state index contributed by atoms with van der Waals surface area (Å²) in [4.78, 5) is 58.7. The molecule has 0 radical (unpaired) electrons. The Morgan fingerprint density at radius 2 is 0.633 bits per heavy atom. The van der Waals surface area contributed by atoms with Gasteiger partial charge in [-0.25, -0.2) is 0 Å². The molecule has 0 saturated carbocycles. The molecule has 0 atom stereocenters. The fourth-order valence-electron chi connectivity index (χ4n) is 8.98. The Hall–Kier alpha value is -9.22. The number of pyridine rings is 4. The molecule has 4 heterocycles. The Morgan fingerprint density at radius 3 is 0.983 bits per heavy atom. The van der Waals surface area contributed by atoms with E-state index in [2.05, 4.69) is 24.3 Å². The van der Waals surface area contributed by atoms with Gasteiger partial charge >= 0.3 is 0 Å². The van der Waals surface area contributed by atoms with E-state index < -0.39 is 10.9 Å². The van der Waals surface area contributed by atoms with Crippen molar-refractivity contribution in [2.75, 3.05) is 0 Å². The van der Waals surface area contributed by atoms with Crippen LogP contribution in [0.1, 0.15) is 22.3 Å². The highest BCUT2D eigenvalue weighted by Gasteiger charge is 2.23. The first-order chi connectivity index (χ1) is 29.2. The SMILES string of the molecule is N#Cc1cc(C#N)cc(-c2cc3c(=O)c4ccccc4n4c5cc6c(cc5c(=O)c(c2)c34)c(=O)c2cc(-c3cc(C#N)cc(C#N)c3)cc3c(=O)c4ccccc4n6c32)c1. The van der Waals surface area contributed by atoms with Crippen molar-refractivity contribution in [3.05, 3.63) is 184 Å². The van der Waals surface area contributed by atoms with Crippen LogP contribution in [-0.4, -0.2) is 8.80 Å². The number of aromatic nitrogens is 2. The maximum absolute atomic E-state index is 15.0. The van der Waals surface area contributed by atoms with E-state index >= 15 is 0 Å². The van der Waals surface area contributed by atoms with Crippen LogP contribution in [0.5, 0.6) is 0 Å². The molecule has 0 fully saturated rings. The second-order valence-electron chi connectivity index (χ2n) is 14.8. The summed E-state index contributed by atoms with van der Waals surface area (Å²) in [5.74, 6) is 0. The Bertz CT molecular complexity index is 3940. The number of rotatable bonds is 2. The number of nitrogens with zero attached hydrogens (tertiary/aromatic N) is 6. The number of benzene rings is 7. The van der Waals surface area contributed by atoms with Crippen molar-refractivity contribution < 1.29 is 0 Å². The minimum absolute atomic E-state index is 0.200. The van der Waals surface area contributed by atoms with Gasteiger partial charge in [-0.05, 0) is 119 Å². The average Bonchev–Trinajstić information content (AvgIpc) is 3.29. The van der Waals surface area contributed by atoms with E-state index in [1.807, 2.05) is 8.80 Å². The smallest absolute Gasteiger partial charge is 0.197 e. The maximum Gasteiger partial charge on any atom is 0.197 e. The zero-order valence-corrected chi connectivity index (χ0v) is 30.9. The molecule has 10 heteroatoms. The third-order valence-electron chi connectivity index (χ3n) is 11.6. The quantitative estimate of drug-likeness (QED) is 0.125. The largest absolute Gasteiger partial charge is 0.307 e. The van der Waals surface area contributed by atoms with Crippen molar-refractivity contribution in [3.8, 4) is 46.5 Å². The van der Waals surface area contributed by atoms with Crippen molar-refractivity contribution in [3.63, 3.8) is 0 Å². The van der Waals surface area contributed by atoms with Crippen molar-refractivity contribution in [2.45, 2.75) is 0 Å². The Morgan fingerprint density at radius 1 is 0.317 bits per heavy atom. The number of hydrogen-bond acceptors (Lipinski definition) is 8. The van der Waals surface area contributed by atoms with Gasteiger partial charge in [0, 0.05) is 43.1 Å². The second kappa shape index (κ2) is 12.1. The minimum atomic E-state index is -0.439. The summed E-state index contributed by atoms with van der Waals surface area (Å²) in [5, 5.41) is 41.1. The normalized spacial score (nSPS) is 11.5. The molecule has 0 amide bonds. The Balaban J connectivity index is 1.36. The molecular weight excluding hydrogens is 749 g/mol. The first-order valence-electron chi connectivity index (χ1n) is 18.6. The summed E-state index contributed by atoms with van der Waals surface area (Å²) < 4.78 is 3.74. The lowest BCUT2D eigenvalue weighted by atomic mass is 9.94. The lowest BCUT2D eigenvalue weighted by Gasteiger charge is -2.19. The molecule has 11 rings (SSSR count). The van der Waals surface area contributed by atoms with E-state index in [-0.39, 0.29) is 65.4 Å².